The second-order valence-corrected chi connectivity index (χ2v) is 6.90. The van der Waals surface area contributed by atoms with Crippen molar-refractivity contribution in [3.8, 4) is 0 Å². The van der Waals surface area contributed by atoms with Gasteiger partial charge in [0, 0.05) is 23.6 Å². The first-order valence-electron chi connectivity index (χ1n) is 9.28. The number of rotatable bonds is 8. The SMILES string of the molecule is CN(CC(=O)NCCc1c[nH]c2ccccc12)CC(=O)Nc1ccc(F)c(F)c1F. The van der Waals surface area contributed by atoms with Gasteiger partial charge in [0.2, 0.25) is 11.8 Å². The number of benzene rings is 2. The first-order valence-corrected chi connectivity index (χ1v) is 9.28. The third-order valence-electron chi connectivity index (χ3n) is 4.53. The number of likely N-dealkylation sites (N-methyl/N-ethyl adjacent to an activating group) is 1. The highest BCUT2D eigenvalue weighted by molar-refractivity contribution is 5.92. The van der Waals surface area contributed by atoms with E-state index in [4.69, 9.17) is 0 Å². The van der Waals surface area contributed by atoms with E-state index in [-0.39, 0.29) is 19.0 Å². The molecular weight excluding hydrogens is 397 g/mol. The molecule has 2 aromatic carbocycles. The summed E-state index contributed by atoms with van der Waals surface area (Å²) in [7, 11) is 1.54. The molecule has 0 aliphatic carbocycles. The molecule has 2 amide bonds. The smallest absolute Gasteiger partial charge is 0.238 e. The van der Waals surface area contributed by atoms with Crippen molar-refractivity contribution in [1.29, 1.82) is 0 Å². The van der Waals surface area contributed by atoms with E-state index in [1.807, 2.05) is 30.5 Å². The molecule has 0 aliphatic rings. The van der Waals surface area contributed by atoms with Crippen LogP contribution in [0.3, 0.4) is 0 Å². The highest BCUT2D eigenvalue weighted by atomic mass is 19.2. The van der Waals surface area contributed by atoms with Gasteiger partial charge in [-0.3, -0.25) is 14.5 Å². The minimum atomic E-state index is -1.66. The highest BCUT2D eigenvalue weighted by Gasteiger charge is 2.16. The lowest BCUT2D eigenvalue weighted by Crippen LogP contribution is -2.39. The molecule has 0 radical (unpaired) electrons. The monoisotopic (exact) mass is 418 g/mol. The number of carbonyl (C=O) groups excluding carboxylic acids is 2. The van der Waals surface area contributed by atoms with Crippen LogP contribution in [-0.4, -0.2) is 48.4 Å². The predicted molar refractivity (Wildman–Crippen MR) is 107 cm³/mol. The molecule has 0 fully saturated rings. The molecule has 3 aromatic rings. The van der Waals surface area contributed by atoms with Gasteiger partial charge in [0.1, 0.15) is 0 Å². The van der Waals surface area contributed by atoms with E-state index in [1.165, 1.54) is 4.90 Å². The number of halogens is 3. The highest BCUT2D eigenvalue weighted by Crippen LogP contribution is 2.19. The van der Waals surface area contributed by atoms with E-state index in [1.54, 1.807) is 7.05 Å². The van der Waals surface area contributed by atoms with Crippen LogP contribution in [0.5, 0.6) is 0 Å². The zero-order chi connectivity index (χ0) is 21.7. The summed E-state index contributed by atoms with van der Waals surface area (Å²) in [6.45, 7) is 0.149. The molecule has 6 nitrogen and oxygen atoms in total. The van der Waals surface area contributed by atoms with Gasteiger partial charge in [0.25, 0.3) is 0 Å². The predicted octanol–water partition coefficient (Wildman–Crippen LogP) is 2.81. The summed E-state index contributed by atoms with van der Waals surface area (Å²) in [6, 6.07) is 9.53. The Balaban J connectivity index is 1.43. The lowest BCUT2D eigenvalue weighted by Gasteiger charge is -2.16. The van der Waals surface area contributed by atoms with Crippen LogP contribution in [-0.2, 0) is 16.0 Å². The van der Waals surface area contributed by atoms with Crippen molar-refractivity contribution < 1.29 is 22.8 Å². The zero-order valence-corrected chi connectivity index (χ0v) is 16.3. The van der Waals surface area contributed by atoms with E-state index >= 15 is 0 Å². The fourth-order valence-electron chi connectivity index (χ4n) is 3.09. The number of carbonyl (C=O) groups is 2. The Morgan fingerprint density at radius 1 is 1.00 bits per heavy atom. The topological polar surface area (TPSA) is 77.2 Å². The number of nitrogens with one attached hydrogen (secondary N) is 3. The Kier molecular flexibility index (Phi) is 6.73. The minimum absolute atomic E-state index is 0.0540. The number of aromatic amines is 1. The van der Waals surface area contributed by atoms with Crippen LogP contribution in [0.15, 0.2) is 42.6 Å². The first-order chi connectivity index (χ1) is 14.3. The molecule has 158 valence electrons. The number of anilines is 1. The third kappa shape index (κ3) is 5.18. The van der Waals surface area contributed by atoms with E-state index in [9.17, 15) is 22.8 Å². The van der Waals surface area contributed by atoms with Gasteiger partial charge in [-0.1, -0.05) is 18.2 Å². The Labute approximate surface area is 171 Å². The van der Waals surface area contributed by atoms with E-state index < -0.39 is 29.0 Å². The van der Waals surface area contributed by atoms with Gasteiger partial charge in [-0.15, -0.1) is 0 Å². The number of fused-ring (bicyclic) bond motifs is 1. The summed E-state index contributed by atoms with van der Waals surface area (Å²) in [5, 5.41) is 6.05. The molecule has 1 aromatic heterocycles. The van der Waals surface area contributed by atoms with Gasteiger partial charge >= 0.3 is 0 Å². The van der Waals surface area contributed by atoms with Gasteiger partial charge in [-0.2, -0.15) is 0 Å². The van der Waals surface area contributed by atoms with Crippen molar-refractivity contribution in [2.24, 2.45) is 0 Å². The number of H-pyrrole nitrogens is 1. The van der Waals surface area contributed by atoms with Crippen molar-refractivity contribution in [3.05, 3.63) is 65.6 Å². The van der Waals surface area contributed by atoms with E-state index in [0.717, 1.165) is 28.6 Å². The molecule has 0 aliphatic heterocycles. The summed E-state index contributed by atoms with van der Waals surface area (Å²) in [4.78, 5) is 28.7. The van der Waals surface area contributed by atoms with E-state index in [2.05, 4.69) is 15.6 Å². The maximum atomic E-state index is 13.6. The fourth-order valence-corrected chi connectivity index (χ4v) is 3.09. The van der Waals surface area contributed by atoms with Gasteiger partial charge < -0.3 is 15.6 Å². The van der Waals surface area contributed by atoms with Crippen LogP contribution in [0.1, 0.15) is 5.56 Å². The Bertz CT molecular complexity index is 1070. The summed E-state index contributed by atoms with van der Waals surface area (Å²) >= 11 is 0. The molecule has 0 saturated carbocycles. The number of hydrogen-bond donors (Lipinski definition) is 3. The van der Waals surface area contributed by atoms with Crippen LogP contribution in [0.2, 0.25) is 0 Å². The standard InChI is InChI=1S/C21H21F3N4O2/c1-28(12-19(30)27-17-7-6-15(22)20(23)21(17)24)11-18(29)25-9-8-13-10-26-16-5-3-2-4-14(13)16/h2-7,10,26H,8-9,11-12H2,1H3,(H,25,29)(H,27,30). The normalized spacial score (nSPS) is 11.1. The Morgan fingerprint density at radius 2 is 1.73 bits per heavy atom. The van der Waals surface area contributed by atoms with Gasteiger partial charge in [0.15, 0.2) is 17.5 Å². The number of hydrogen-bond acceptors (Lipinski definition) is 3. The Morgan fingerprint density at radius 3 is 2.53 bits per heavy atom. The minimum Gasteiger partial charge on any atom is -0.361 e. The summed E-state index contributed by atoms with van der Waals surface area (Å²) in [6.07, 6.45) is 2.56. The molecule has 0 bridgehead atoms. The molecule has 3 rings (SSSR count). The molecule has 30 heavy (non-hydrogen) atoms. The third-order valence-corrected chi connectivity index (χ3v) is 4.53. The maximum absolute atomic E-state index is 13.6. The van der Waals surface area contributed by atoms with Crippen LogP contribution < -0.4 is 10.6 Å². The number of para-hydroxylation sites is 1. The first kappa shape index (κ1) is 21.4. The number of amides is 2. The largest absolute Gasteiger partial charge is 0.361 e. The Hall–Kier alpha value is -3.33. The molecule has 3 N–H and O–H groups in total. The lowest BCUT2D eigenvalue weighted by atomic mass is 10.1. The second-order valence-electron chi connectivity index (χ2n) is 6.90. The van der Waals surface area contributed by atoms with Crippen molar-refractivity contribution >= 4 is 28.4 Å². The van der Waals surface area contributed by atoms with Crippen LogP contribution >= 0.6 is 0 Å². The lowest BCUT2D eigenvalue weighted by molar-refractivity contribution is -0.122. The molecule has 0 unspecified atom stereocenters. The van der Waals surface area contributed by atoms with Gasteiger partial charge in [-0.25, -0.2) is 13.2 Å². The molecule has 0 saturated heterocycles. The average Bonchev–Trinajstić information content (AvgIpc) is 3.11. The second kappa shape index (κ2) is 9.45. The fraction of sp³-hybridized carbons (Fsp3) is 0.238. The quantitative estimate of drug-likeness (QED) is 0.493. The number of nitrogens with zero attached hydrogens (tertiary/aromatic N) is 1. The maximum Gasteiger partial charge on any atom is 0.238 e. The van der Waals surface area contributed by atoms with Crippen LogP contribution in [0.4, 0.5) is 18.9 Å². The molecule has 0 spiro atoms. The van der Waals surface area contributed by atoms with Crippen molar-refractivity contribution in [3.63, 3.8) is 0 Å². The van der Waals surface area contributed by atoms with Gasteiger partial charge in [0.05, 0.1) is 18.8 Å². The summed E-state index contributed by atoms with van der Waals surface area (Å²) < 4.78 is 39.8. The zero-order valence-electron chi connectivity index (χ0n) is 16.3. The van der Waals surface area contributed by atoms with Gasteiger partial charge in [-0.05, 0) is 37.2 Å². The molecule has 9 heteroatoms. The van der Waals surface area contributed by atoms with Crippen molar-refractivity contribution in [1.82, 2.24) is 15.2 Å². The summed E-state index contributed by atoms with van der Waals surface area (Å²) in [5.74, 6) is -5.40. The van der Waals surface area contributed by atoms with E-state index in [0.29, 0.717) is 13.0 Å². The molecular formula is C21H21F3N4O2. The van der Waals surface area contributed by atoms with Crippen LogP contribution in [0, 0.1) is 17.5 Å². The summed E-state index contributed by atoms with van der Waals surface area (Å²) in [5.41, 5.74) is 1.66. The van der Waals surface area contributed by atoms with Crippen LogP contribution in [0.25, 0.3) is 10.9 Å². The van der Waals surface area contributed by atoms with Crippen molar-refractivity contribution in [2.75, 3.05) is 32.0 Å². The molecule has 0 atom stereocenters. The average molecular weight is 418 g/mol. The number of aromatic nitrogens is 1. The van der Waals surface area contributed by atoms with Crippen molar-refractivity contribution in [2.45, 2.75) is 6.42 Å². The molecule has 1 heterocycles.